The van der Waals surface area contributed by atoms with Crippen LogP contribution in [0.25, 0.3) is 0 Å². The molecule has 17 heavy (non-hydrogen) atoms. The highest BCUT2D eigenvalue weighted by atomic mass is 32.1. The highest BCUT2D eigenvalue weighted by molar-refractivity contribution is 7.85. The largest absolute Gasteiger partial charge is 0.495 e. The van der Waals surface area contributed by atoms with Gasteiger partial charge in [-0.2, -0.15) is 0 Å². The van der Waals surface area contributed by atoms with Gasteiger partial charge in [0.05, 0.1) is 11.2 Å². The zero-order chi connectivity index (χ0) is 13.4. The zero-order valence-corrected chi connectivity index (χ0v) is 12.6. The monoisotopic (exact) mass is 254 g/mol. The summed E-state index contributed by atoms with van der Waals surface area (Å²) in [6.45, 7) is 16.3. The lowest BCUT2D eigenvalue weighted by Gasteiger charge is -2.32. The van der Waals surface area contributed by atoms with Crippen molar-refractivity contribution < 1.29 is 9.31 Å². The molecule has 0 atom stereocenters. The van der Waals surface area contributed by atoms with Crippen LogP contribution in [0.5, 0.6) is 0 Å². The van der Waals surface area contributed by atoms with Gasteiger partial charge in [-0.3, -0.25) is 0 Å². The van der Waals surface area contributed by atoms with E-state index in [-0.39, 0.29) is 18.3 Å². The van der Waals surface area contributed by atoms with Crippen LogP contribution in [0.1, 0.15) is 41.5 Å². The molecule has 96 valence electrons. The Labute approximate surface area is 111 Å². The molecule has 1 rings (SSSR count). The maximum atomic E-state index is 5.99. The molecular weight excluding hydrogens is 231 g/mol. The maximum Gasteiger partial charge on any atom is 0.495 e. The molecule has 0 amide bonds. The predicted octanol–water partition coefficient (Wildman–Crippen LogP) is 3.64. The lowest BCUT2D eigenvalue weighted by molar-refractivity contribution is 0.00578. The molecule has 1 aliphatic rings. The highest BCUT2D eigenvalue weighted by Crippen LogP contribution is 2.40. The van der Waals surface area contributed by atoms with Gasteiger partial charge in [0, 0.05) is 0 Å². The second kappa shape index (κ2) is 4.83. The number of hydrogen-bond acceptors (Lipinski definition) is 3. The van der Waals surface area contributed by atoms with Crippen LogP contribution in [0.4, 0.5) is 0 Å². The van der Waals surface area contributed by atoms with Gasteiger partial charge in [0.25, 0.3) is 0 Å². The van der Waals surface area contributed by atoms with Crippen LogP contribution in [0, 0.1) is 5.92 Å². The maximum absolute atomic E-state index is 5.99. The van der Waals surface area contributed by atoms with Crippen LogP contribution >= 0.6 is 12.6 Å². The summed E-state index contributed by atoms with van der Waals surface area (Å²) < 4.78 is 12.0. The summed E-state index contributed by atoms with van der Waals surface area (Å²) in [5.74, 6) is 0.410. The van der Waals surface area contributed by atoms with Crippen molar-refractivity contribution in [1.29, 1.82) is 0 Å². The van der Waals surface area contributed by atoms with Crippen molar-refractivity contribution in [3.8, 4) is 0 Å². The van der Waals surface area contributed by atoms with E-state index in [1.54, 1.807) is 0 Å². The second-order valence-electron chi connectivity index (χ2n) is 5.90. The fourth-order valence-electron chi connectivity index (χ4n) is 1.64. The third-order valence-corrected chi connectivity index (χ3v) is 3.61. The molecule has 1 fully saturated rings. The van der Waals surface area contributed by atoms with E-state index in [1.807, 2.05) is 27.7 Å². The Kier molecular flexibility index (Phi) is 4.22. The quantitative estimate of drug-likeness (QED) is 0.471. The minimum atomic E-state index is -0.368. The Hall–Kier alpha value is -0.185. The van der Waals surface area contributed by atoms with Gasteiger partial charge in [-0.1, -0.05) is 26.5 Å². The van der Waals surface area contributed by atoms with Gasteiger partial charge in [-0.15, -0.1) is 12.6 Å². The molecule has 1 heterocycles. The molecule has 0 aromatic heterocycles. The summed E-state index contributed by atoms with van der Waals surface area (Å²) >= 11 is 4.33. The SMILES string of the molecule is C=C(S)/C(=C\C(C)C)B1OC(C)(C)C(C)(C)O1. The summed E-state index contributed by atoms with van der Waals surface area (Å²) in [4.78, 5) is 0.706. The summed E-state index contributed by atoms with van der Waals surface area (Å²) in [7, 11) is -0.368. The number of thiol groups is 1. The van der Waals surface area contributed by atoms with Crippen LogP contribution in [0.2, 0.25) is 0 Å². The van der Waals surface area contributed by atoms with Crippen molar-refractivity contribution in [3.63, 3.8) is 0 Å². The molecule has 0 aromatic carbocycles. The molecule has 4 heteroatoms. The molecule has 0 saturated carbocycles. The first-order valence-corrected chi connectivity index (χ1v) is 6.47. The van der Waals surface area contributed by atoms with Crippen molar-refractivity contribution in [1.82, 2.24) is 0 Å². The Morgan fingerprint density at radius 3 is 1.88 bits per heavy atom. The van der Waals surface area contributed by atoms with Crippen LogP contribution in [-0.2, 0) is 9.31 Å². The van der Waals surface area contributed by atoms with Crippen molar-refractivity contribution in [2.24, 2.45) is 5.92 Å². The van der Waals surface area contributed by atoms with E-state index >= 15 is 0 Å². The standard InChI is InChI=1S/C13H23BO2S/c1-9(2)8-11(10(3)17)14-15-12(4,5)13(6,7)16-14/h8-9,17H,3H2,1-2,4-7H3/b11-8+. The van der Waals surface area contributed by atoms with E-state index in [9.17, 15) is 0 Å². The fraction of sp³-hybridized carbons (Fsp3) is 0.692. The van der Waals surface area contributed by atoms with Gasteiger partial charge >= 0.3 is 7.12 Å². The molecule has 1 aliphatic heterocycles. The Morgan fingerprint density at radius 1 is 1.18 bits per heavy atom. The molecule has 0 aliphatic carbocycles. The van der Waals surface area contributed by atoms with E-state index in [2.05, 4.69) is 39.1 Å². The predicted molar refractivity (Wildman–Crippen MR) is 77.1 cm³/mol. The molecule has 0 N–H and O–H groups in total. The Morgan fingerprint density at radius 2 is 1.59 bits per heavy atom. The third kappa shape index (κ3) is 3.18. The molecule has 0 radical (unpaired) electrons. The smallest absolute Gasteiger partial charge is 0.399 e. The van der Waals surface area contributed by atoms with Gasteiger partial charge in [-0.25, -0.2) is 0 Å². The molecule has 1 saturated heterocycles. The minimum absolute atomic E-state index is 0.322. The topological polar surface area (TPSA) is 18.5 Å². The van der Waals surface area contributed by atoms with Crippen LogP contribution in [0.3, 0.4) is 0 Å². The molecule has 0 aromatic rings. The van der Waals surface area contributed by atoms with Gasteiger partial charge in [0.15, 0.2) is 0 Å². The molecule has 0 unspecified atom stereocenters. The molecular formula is C13H23BO2S. The summed E-state index contributed by atoms with van der Waals surface area (Å²) in [5, 5.41) is 0. The summed E-state index contributed by atoms with van der Waals surface area (Å²) in [6.07, 6.45) is 2.09. The van der Waals surface area contributed by atoms with Crippen molar-refractivity contribution in [3.05, 3.63) is 23.0 Å². The minimum Gasteiger partial charge on any atom is -0.399 e. The molecule has 0 spiro atoms. The summed E-state index contributed by atoms with van der Waals surface area (Å²) in [5.41, 5.74) is 0.287. The van der Waals surface area contributed by atoms with E-state index in [1.165, 1.54) is 0 Å². The van der Waals surface area contributed by atoms with Crippen LogP contribution in [-0.4, -0.2) is 18.3 Å². The van der Waals surface area contributed by atoms with E-state index in [0.717, 1.165) is 5.47 Å². The van der Waals surface area contributed by atoms with Crippen LogP contribution in [0.15, 0.2) is 23.0 Å². The van der Waals surface area contributed by atoms with Crippen molar-refractivity contribution in [2.45, 2.75) is 52.7 Å². The van der Waals surface area contributed by atoms with E-state index in [0.29, 0.717) is 10.8 Å². The average Bonchev–Trinajstić information content (AvgIpc) is 2.31. The number of allylic oxidation sites excluding steroid dienone is 2. The molecule has 0 bridgehead atoms. The normalized spacial score (nSPS) is 23.3. The van der Waals surface area contributed by atoms with Crippen molar-refractivity contribution >= 4 is 19.7 Å². The Bertz CT molecular complexity index is 329. The zero-order valence-electron chi connectivity index (χ0n) is 11.7. The first kappa shape index (κ1) is 14.9. The lowest BCUT2D eigenvalue weighted by Crippen LogP contribution is -2.41. The third-order valence-electron chi connectivity index (χ3n) is 3.35. The van der Waals surface area contributed by atoms with Crippen molar-refractivity contribution in [2.75, 3.05) is 0 Å². The second-order valence-corrected chi connectivity index (χ2v) is 6.44. The van der Waals surface area contributed by atoms with E-state index < -0.39 is 0 Å². The average molecular weight is 254 g/mol. The number of rotatable bonds is 3. The first-order valence-electron chi connectivity index (χ1n) is 6.02. The van der Waals surface area contributed by atoms with Gasteiger partial charge < -0.3 is 9.31 Å². The molecule has 2 nitrogen and oxygen atoms in total. The number of hydrogen-bond donors (Lipinski definition) is 1. The highest BCUT2D eigenvalue weighted by Gasteiger charge is 2.52. The first-order chi connectivity index (χ1) is 7.57. The van der Waals surface area contributed by atoms with Gasteiger partial charge in [-0.05, 0) is 44.0 Å². The van der Waals surface area contributed by atoms with Crippen LogP contribution < -0.4 is 0 Å². The van der Waals surface area contributed by atoms with E-state index in [4.69, 9.17) is 9.31 Å². The fourth-order valence-corrected chi connectivity index (χ4v) is 1.82. The van der Waals surface area contributed by atoms with Gasteiger partial charge in [0.2, 0.25) is 0 Å². The van der Waals surface area contributed by atoms with Gasteiger partial charge in [0.1, 0.15) is 0 Å². The summed E-state index contributed by atoms with van der Waals surface area (Å²) in [6, 6.07) is 0. The lowest BCUT2D eigenvalue weighted by atomic mass is 9.76. The Balaban J connectivity index is 2.99.